The van der Waals surface area contributed by atoms with Gasteiger partial charge in [-0.25, -0.2) is 0 Å². The summed E-state index contributed by atoms with van der Waals surface area (Å²) in [6, 6.07) is 0. The van der Waals surface area contributed by atoms with E-state index in [-0.39, 0.29) is 17.7 Å². The lowest BCUT2D eigenvalue weighted by molar-refractivity contribution is -0.127. The van der Waals surface area contributed by atoms with Crippen molar-refractivity contribution in [1.29, 1.82) is 0 Å². The van der Waals surface area contributed by atoms with Crippen molar-refractivity contribution in [3.63, 3.8) is 0 Å². The van der Waals surface area contributed by atoms with Crippen LogP contribution in [0, 0.1) is 23.2 Å². The van der Waals surface area contributed by atoms with Crippen molar-refractivity contribution in [2.24, 2.45) is 23.2 Å². The van der Waals surface area contributed by atoms with Crippen LogP contribution in [-0.4, -0.2) is 23.7 Å². The molecular weight excluding hydrogens is 238 g/mol. The molecule has 0 spiro atoms. The molecule has 3 nitrogen and oxygen atoms in total. The van der Waals surface area contributed by atoms with E-state index >= 15 is 0 Å². The van der Waals surface area contributed by atoms with E-state index in [0.29, 0.717) is 12.0 Å². The van der Waals surface area contributed by atoms with Crippen LogP contribution in [0.5, 0.6) is 0 Å². The lowest BCUT2D eigenvalue weighted by Gasteiger charge is -2.36. The fourth-order valence-electron chi connectivity index (χ4n) is 2.81. The highest BCUT2D eigenvalue weighted by atomic mass is 16.3. The van der Waals surface area contributed by atoms with Crippen LogP contribution >= 0.6 is 0 Å². The van der Waals surface area contributed by atoms with Crippen molar-refractivity contribution in [1.82, 2.24) is 5.32 Å². The maximum Gasteiger partial charge on any atom is 0.223 e. The van der Waals surface area contributed by atoms with Crippen LogP contribution in [0.25, 0.3) is 0 Å². The third-order valence-electron chi connectivity index (χ3n) is 4.58. The van der Waals surface area contributed by atoms with E-state index in [1.807, 2.05) is 13.8 Å². The summed E-state index contributed by atoms with van der Waals surface area (Å²) in [5, 5.41) is 12.6. The molecule has 0 radical (unpaired) electrons. The van der Waals surface area contributed by atoms with E-state index in [0.717, 1.165) is 31.6 Å². The third-order valence-corrected chi connectivity index (χ3v) is 4.58. The molecule has 1 aliphatic rings. The van der Waals surface area contributed by atoms with Crippen LogP contribution in [0.3, 0.4) is 0 Å². The summed E-state index contributed by atoms with van der Waals surface area (Å²) < 4.78 is 0. The van der Waals surface area contributed by atoms with Gasteiger partial charge in [-0.15, -0.1) is 0 Å². The van der Waals surface area contributed by atoms with Crippen molar-refractivity contribution in [2.45, 2.75) is 66.4 Å². The van der Waals surface area contributed by atoms with Crippen LogP contribution in [0.15, 0.2) is 0 Å². The average molecular weight is 269 g/mol. The lowest BCUT2D eigenvalue weighted by atomic mass is 9.69. The highest BCUT2D eigenvalue weighted by Crippen LogP contribution is 2.39. The second kappa shape index (κ2) is 6.74. The summed E-state index contributed by atoms with van der Waals surface area (Å²) in [5.41, 5.74) is 0.356. The molecule has 0 aromatic rings. The summed E-state index contributed by atoms with van der Waals surface area (Å²) in [7, 11) is 0. The Morgan fingerprint density at radius 3 is 2.16 bits per heavy atom. The molecule has 0 heterocycles. The Morgan fingerprint density at radius 2 is 1.74 bits per heavy atom. The minimum Gasteiger partial charge on any atom is -0.391 e. The normalized spacial score (nSPS) is 26.3. The quantitative estimate of drug-likeness (QED) is 0.824. The molecule has 0 aliphatic heterocycles. The summed E-state index contributed by atoms with van der Waals surface area (Å²) in [4.78, 5) is 12.1. The second-order valence-corrected chi connectivity index (χ2v) is 7.47. The van der Waals surface area contributed by atoms with Gasteiger partial charge in [0, 0.05) is 12.5 Å². The third kappa shape index (κ3) is 5.13. The first-order chi connectivity index (χ1) is 8.71. The minimum absolute atomic E-state index is 0.132. The SMILES string of the molecule is CC(C)C(O)CNC(=O)C1CCC(C(C)(C)C)CC1. The Labute approximate surface area is 118 Å². The van der Waals surface area contributed by atoms with E-state index < -0.39 is 6.10 Å². The first kappa shape index (κ1) is 16.5. The summed E-state index contributed by atoms with van der Waals surface area (Å²) in [6.45, 7) is 11.2. The van der Waals surface area contributed by atoms with Gasteiger partial charge in [-0.1, -0.05) is 34.6 Å². The van der Waals surface area contributed by atoms with Crippen molar-refractivity contribution < 1.29 is 9.90 Å². The molecule has 1 fully saturated rings. The van der Waals surface area contributed by atoms with Crippen molar-refractivity contribution in [3.8, 4) is 0 Å². The van der Waals surface area contributed by atoms with Gasteiger partial charge in [0.2, 0.25) is 5.91 Å². The van der Waals surface area contributed by atoms with Gasteiger partial charge in [0.25, 0.3) is 0 Å². The Balaban J connectivity index is 2.33. The topological polar surface area (TPSA) is 49.3 Å². The predicted molar refractivity (Wildman–Crippen MR) is 78.8 cm³/mol. The minimum atomic E-state index is -0.435. The molecule has 1 saturated carbocycles. The second-order valence-electron chi connectivity index (χ2n) is 7.47. The average Bonchev–Trinajstić information content (AvgIpc) is 2.34. The first-order valence-electron chi connectivity index (χ1n) is 7.67. The fraction of sp³-hybridized carbons (Fsp3) is 0.938. The smallest absolute Gasteiger partial charge is 0.223 e. The summed E-state index contributed by atoms with van der Waals surface area (Å²) in [5.74, 6) is 1.21. The van der Waals surface area contributed by atoms with Crippen LogP contribution in [0.2, 0.25) is 0 Å². The number of nitrogens with one attached hydrogen (secondary N) is 1. The van der Waals surface area contributed by atoms with Gasteiger partial charge in [0.05, 0.1) is 6.10 Å². The van der Waals surface area contributed by atoms with Gasteiger partial charge in [0.15, 0.2) is 0 Å². The predicted octanol–water partition coefficient (Wildman–Crippen LogP) is 2.97. The van der Waals surface area contributed by atoms with Gasteiger partial charge in [-0.3, -0.25) is 4.79 Å². The number of amides is 1. The Morgan fingerprint density at radius 1 is 1.21 bits per heavy atom. The lowest BCUT2D eigenvalue weighted by Crippen LogP contribution is -2.40. The highest BCUT2D eigenvalue weighted by Gasteiger charge is 2.32. The molecule has 19 heavy (non-hydrogen) atoms. The number of carbonyl (C=O) groups is 1. The van der Waals surface area contributed by atoms with Gasteiger partial charge in [-0.05, 0) is 42.9 Å². The van der Waals surface area contributed by atoms with Crippen LogP contribution in [-0.2, 0) is 4.79 Å². The molecule has 0 aromatic carbocycles. The van der Waals surface area contributed by atoms with Crippen molar-refractivity contribution >= 4 is 5.91 Å². The molecule has 0 bridgehead atoms. The van der Waals surface area contributed by atoms with E-state index in [1.165, 1.54) is 0 Å². The number of hydrogen-bond donors (Lipinski definition) is 2. The van der Waals surface area contributed by atoms with Gasteiger partial charge in [-0.2, -0.15) is 0 Å². The summed E-state index contributed by atoms with van der Waals surface area (Å²) >= 11 is 0. The number of aliphatic hydroxyl groups is 1. The zero-order chi connectivity index (χ0) is 14.6. The molecule has 3 heteroatoms. The zero-order valence-corrected chi connectivity index (χ0v) is 13.2. The molecule has 0 saturated heterocycles. The van der Waals surface area contributed by atoms with E-state index in [4.69, 9.17) is 0 Å². The number of hydrogen-bond acceptors (Lipinski definition) is 2. The van der Waals surface area contributed by atoms with Gasteiger partial charge < -0.3 is 10.4 Å². The standard InChI is InChI=1S/C16H31NO2/c1-11(2)14(18)10-17-15(19)12-6-8-13(9-7-12)16(3,4)5/h11-14,18H,6-10H2,1-5H3,(H,17,19). The molecule has 1 atom stereocenters. The molecule has 0 aromatic heterocycles. The molecule has 1 rings (SSSR count). The van der Waals surface area contributed by atoms with E-state index in [1.54, 1.807) is 0 Å². The van der Waals surface area contributed by atoms with Crippen LogP contribution in [0.4, 0.5) is 0 Å². The molecule has 1 amide bonds. The van der Waals surface area contributed by atoms with E-state index in [9.17, 15) is 9.90 Å². The zero-order valence-electron chi connectivity index (χ0n) is 13.2. The van der Waals surface area contributed by atoms with Crippen LogP contribution < -0.4 is 5.32 Å². The van der Waals surface area contributed by atoms with Gasteiger partial charge >= 0.3 is 0 Å². The molecule has 112 valence electrons. The summed E-state index contributed by atoms with van der Waals surface area (Å²) in [6.07, 6.45) is 3.84. The number of aliphatic hydroxyl groups excluding tert-OH is 1. The maximum atomic E-state index is 12.1. The number of rotatable bonds is 4. The largest absolute Gasteiger partial charge is 0.391 e. The Hall–Kier alpha value is -0.570. The maximum absolute atomic E-state index is 12.1. The van der Waals surface area contributed by atoms with Crippen molar-refractivity contribution in [3.05, 3.63) is 0 Å². The highest BCUT2D eigenvalue weighted by molar-refractivity contribution is 5.78. The Kier molecular flexibility index (Phi) is 5.84. The number of carbonyl (C=O) groups excluding carboxylic acids is 1. The molecule has 1 unspecified atom stereocenters. The monoisotopic (exact) mass is 269 g/mol. The first-order valence-corrected chi connectivity index (χ1v) is 7.67. The van der Waals surface area contributed by atoms with Crippen LogP contribution in [0.1, 0.15) is 60.3 Å². The fourth-order valence-corrected chi connectivity index (χ4v) is 2.81. The van der Waals surface area contributed by atoms with E-state index in [2.05, 4.69) is 26.1 Å². The van der Waals surface area contributed by atoms with Gasteiger partial charge in [0.1, 0.15) is 0 Å². The molecular formula is C16H31NO2. The van der Waals surface area contributed by atoms with Crippen molar-refractivity contribution in [2.75, 3.05) is 6.54 Å². The molecule has 2 N–H and O–H groups in total. The Bertz CT molecular complexity index is 286. The molecule has 1 aliphatic carbocycles.